The molecular weight excluding hydrogens is 564 g/mol. The van der Waals surface area contributed by atoms with Gasteiger partial charge in [0, 0.05) is 22.8 Å². The summed E-state index contributed by atoms with van der Waals surface area (Å²) in [4.78, 5) is 40.9. The van der Waals surface area contributed by atoms with Crippen LogP contribution in [0.5, 0.6) is 5.75 Å². The number of phenols is 1. The molecule has 0 aliphatic heterocycles. The molecule has 0 radical (unpaired) electrons. The molecule has 1 aromatic rings. The Hall–Kier alpha value is -3.39. The number of amidine groups is 1. The fourth-order valence-electron chi connectivity index (χ4n) is 6.99. The number of aromatic hydroxyl groups is 1. The lowest BCUT2D eigenvalue weighted by Gasteiger charge is -2.53. The number of likely N-dealkylation sites (N-methyl/N-ethyl adjacent to an activating group) is 1. The lowest BCUT2D eigenvalue weighted by atomic mass is 9.54. The van der Waals surface area contributed by atoms with E-state index in [1.165, 1.54) is 30.8 Å². The van der Waals surface area contributed by atoms with E-state index in [9.17, 15) is 39.9 Å². The molecule has 1 saturated carbocycles. The minimum Gasteiger partial charge on any atom is -0.508 e. The summed E-state index contributed by atoms with van der Waals surface area (Å²) < 4.78 is 0. The van der Waals surface area contributed by atoms with Crippen LogP contribution in [0.4, 0.5) is 0 Å². The first-order valence-corrected chi connectivity index (χ1v) is 14.6. The number of nitrogens with two attached hydrogens (primary N) is 2. The zero-order valence-corrected chi connectivity index (χ0v) is 25.0. The maximum Gasteiger partial charge on any atom is 0.255 e. The van der Waals surface area contributed by atoms with Crippen LogP contribution in [0.2, 0.25) is 0 Å². The van der Waals surface area contributed by atoms with Gasteiger partial charge < -0.3 is 37.0 Å². The molecule has 13 heteroatoms. The van der Waals surface area contributed by atoms with Crippen LogP contribution in [0.3, 0.4) is 0 Å². The second kappa shape index (κ2) is 10.7. The van der Waals surface area contributed by atoms with Gasteiger partial charge >= 0.3 is 0 Å². The first-order valence-electron chi connectivity index (χ1n) is 13.6. The average Bonchev–Trinajstić information content (AvgIpc) is 2.88. The number of rotatable bonds is 7. The highest BCUT2D eigenvalue weighted by Gasteiger charge is 2.68. The first kappa shape index (κ1) is 31.5. The summed E-state index contributed by atoms with van der Waals surface area (Å²) in [6.07, 6.45) is -0.362. The first-order chi connectivity index (χ1) is 19.4. The number of aliphatic hydroxyl groups excluding tert-OH is 3. The molecule has 42 heavy (non-hydrogen) atoms. The number of phenolic OH excluding ortho intramolecular Hbond substituents is 1. The number of aliphatic hydroxyl groups is 4. The highest BCUT2D eigenvalue weighted by molar-refractivity contribution is 8.13. The minimum absolute atomic E-state index is 0.0100. The number of nitrogens with one attached hydrogen (secondary N) is 1. The number of hydrogen-bond acceptors (Lipinski definition) is 11. The second-order valence-electron chi connectivity index (χ2n) is 12.2. The number of primary amides is 1. The zero-order chi connectivity index (χ0) is 31.6. The molecule has 12 nitrogen and oxygen atoms in total. The van der Waals surface area contributed by atoms with E-state index >= 15 is 0 Å². The molecule has 1 fully saturated rings. The van der Waals surface area contributed by atoms with Crippen molar-refractivity contribution in [3.63, 3.8) is 0 Å². The van der Waals surface area contributed by atoms with E-state index in [-0.39, 0.29) is 16.5 Å². The van der Waals surface area contributed by atoms with Gasteiger partial charge in [0.05, 0.1) is 23.6 Å². The standard InChI is InChI=1S/C29H38N4O8S/c1-11-12-7-8-13(28(2,3)9-6-10-42-27(31)32)20(34)15(12)21(35)16-14(11)22(36)18-19(33(4)5)23(37)17(26(30)40)25(39)29(18,41)24(16)38/h7-8,11,14,18-19,22,34-36,39,41H,6,9-10H2,1-5H3,(H2,30,40)(H3,31,32)/t11-,14+,18+,19-,22-,29-/m1/s1. The number of nitrogens with zero attached hydrogens (tertiary/aromatic N) is 1. The van der Waals surface area contributed by atoms with Crippen LogP contribution < -0.4 is 11.5 Å². The number of carbonyl (C=O) groups excluding carboxylic acids is 3. The molecule has 1 aromatic carbocycles. The van der Waals surface area contributed by atoms with Gasteiger partial charge in [-0.2, -0.15) is 0 Å². The average molecular weight is 603 g/mol. The molecule has 1 amide bonds. The van der Waals surface area contributed by atoms with Crippen molar-refractivity contribution in [3.8, 4) is 5.75 Å². The number of benzene rings is 1. The van der Waals surface area contributed by atoms with E-state index < -0.39 is 81.1 Å². The molecular formula is C29H38N4O8S. The predicted octanol–water partition coefficient (Wildman–Crippen LogP) is 1.18. The molecule has 0 heterocycles. The monoisotopic (exact) mass is 602 g/mol. The van der Waals surface area contributed by atoms with Gasteiger partial charge in [0.2, 0.25) is 5.78 Å². The number of hydrogen-bond donors (Lipinski definition) is 8. The van der Waals surface area contributed by atoms with Crippen molar-refractivity contribution < 1.29 is 39.9 Å². The second-order valence-corrected chi connectivity index (χ2v) is 13.3. The molecule has 3 aliphatic carbocycles. The molecule has 0 saturated heterocycles. The number of ketones is 2. The van der Waals surface area contributed by atoms with E-state index in [0.29, 0.717) is 29.7 Å². The predicted molar refractivity (Wildman–Crippen MR) is 157 cm³/mol. The molecule has 0 unspecified atom stereocenters. The van der Waals surface area contributed by atoms with Gasteiger partial charge in [-0.3, -0.25) is 24.7 Å². The summed E-state index contributed by atoms with van der Waals surface area (Å²) in [6.45, 7) is 5.51. The quantitative estimate of drug-likeness (QED) is 0.0955. The smallest absolute Gasteiger partial charge is 0.255 e. The van der Waals surface area contributed by atoms with Crippen LogP contribution in [-0.2, 0) is 19.8 Å². The molecule has 10 N–H and O–H groups in total. The Kier molecular flexibility index (Phi) is 8.04. The Morgan fingerprint density at radius 3 is 2.33 bits per heavy atom. The summed E-state index contributed by atoms with van der Waals surface area (Å²) in [5.41, 5.74) is 6.75. The number of Topliss-reactive ketones (excluding diaryl/α,β-unsaturated/α-hetero) is 2. The van der Waals surface area contributed by atoms with Gasteiger partial charge in [-0.1, -0.05) is 44.7 Å². The number of carbonyl (C=O) groups is 3. The fourth-order valence-corrected chi connectivity index (χ4v) is 7.50. The molecule has 4 rings (SSSR count). The Morgan fingerprint density at radius 2 is 1.79 bits per heavy atom. The van der Waals surface area contributed by atoms with Crippen molar-refractivity contribution in [2.45, 2.75) is 62.7 Å². The van der Waals surface area contributed by atoms with E-state index in [1.54, 1.807) is 19.1 Å². The van der Waals surface area contributed by atoms with Gasteiger partial charge in [-0.25, -0.2) is 0 Å². The Morgan fingerprint density at radius 1 is 1.17 bits per heavy atom. The van der Waals surface area contributed by atoms with Gasteiger partial charge in [0.15, 0.2) is 16.6 Å². The van der Waals surface area contributed by atoms with Crippen LogP contribution in [0.1, 0.15) is 56.2 Å². The van der Waals surface area contributed by atoms with E-state index in [0.717, 1.165) is 0 Å². The van der Waals surface area contributed by atoms with E-state index in [4.69, 9.17) is 16.9 Å². The third kappa shape index (κ3) is 4.50. The van der Waals surface area contributed by atoms with Crippen LogP contribution in [0.25, 0.3) is 5.76 Å². The number of amides is 1. The van der Waals surface area contributed by atoms with Crippen molar-refractivity contribution in [1.82, 2.24) is 4.90 Å². The number of thioether (sulfide) groups is 1. The lowest BCUT2D eigenvalue weighted by Crippen LogP contribution is -2.70. The van der Waals surface area contributed by atoms with E-state index in [2.05, 4.69) is 0 Å². The maximum atomic E-state index is 14.1. The Bertz CT molecular complexity index is 1450. The van der Waals surface area contributed by atoms with Crippen LogP contribution in [0.15, 0.2) is 29.0 Å². The van der Waals surface area contributed by atoms with Gasteiger partial charge in [-0.05, 0) is 43.8 Å². The van der Waals surface area contributed by atoms with Gasteiger partial charge in [0.25, 0.3) is 5.91 Å². The third-order valence-corrected chi connectivity index (χ3v) is 9.87. The van der Waals surface area contributed by atoms with Crippen molar-refractivity contribution >= 4 is 40.2 Å². The highest BCUT2D eigenvalue weighted by Crippen LogP contribution is 2.57. The fraction of sp³-hybridized carbons (Fsp3) is 0.517. The minimum atomic E-state index is -2.95. The Labute approximate surface area is 247 Å². The van der Waals surface area contributed by atoms with Crippen molar-refractivity contribution in [3.05, 3.63) is 45.7 Å². The molecule has 6 atom stereocenters. The Balaban J connectivity index is 1.90. The summed E-state index contributed by atoms with van der Waals surface area (Å²) in [6, 6.07) is 2.04. The van der Waals surface area contributed by atoms with Crippen molar-refractivity contribution in [2.24, 2.45) is 23.3 Å². The van der Waals surface area contributed by atoms with Gasteiger partial charge in [0.1, 0.15) is 22.8 Å². The van der Waals surface area contributed by atoms with Crippen molar-refractivity contribution in [1.29, 1.82) is 5.41 Å². The maximum absolute atomic E-state index is 14.1. The summed E-state index contributed by atoms with van der Waals surface area (Å²) in [5, 5.41) is 65.0. The molecule has 0 spiro atoms. The van der Waals surface area contributed by atoms with Crippen LogP contribution >= 0.6 is 11.8 Å². The molecule has 228 valence electrons. The van der Waals surface area contributed by atoms with Crippen LogP contribution in [0, 0.1) is 17.2 Å². The summed E-state index contributed by atoms with van der Waals surface area (Å²) in [5.74, 6) is -8.49. The zero-order valence-electron chi connectivity index (χ0n) is 24.1. The van der Waals surface area contributed by atoms with E-state index in [1.807, 2.05) is 13.8 Å². The van der Waals surface area contributed by atoms with Crippen LogP contribution in [-0.4, -0.2) is 90.7 Å². The highest BCUT2D eigenvalue weighted by atomic mass is 32.2. The normalized spacial score (nSPS) is 29.4. The third-order valence-electron chi connectivity index (χ3n) is 9.06. The molecule has 0 aromatic heterocycles. The molecule has 3 aliphatic rings. The lowest BCUT2D eigenvalue weighted by molar-refractivity contribution is -0.169. The summed E-state index contributed by atoms with van der Waals surface area (Å²) >= 11 is 1.21. The SMILES string of the molecule is C[C@@H]1c2ccc(C(C)(C)CCCSC(=N)N)c(O)c2C(O)=C2C(=O)[C@@]3(O)C(O)=C(C(N)=O)C(=O)[C@H](N(C)C)[C@H]3[C@H](O)[C@H]21. The largest absolute Gasteiger partial charge is 0.508 e. The number of fused-ring (bicyclic) bond motifs is 3. The van der Waals surface area contributed by atoms with Gasteiger partial charge in [-0.15, -0.1) is 0 Å². The molecule has 0 bridgehead atoms. The topological polar surface area (TPSA) is 231 Å². The van der Waals surface area contributed by atoms with Crippen molar-refractivity contribution in [2.75, 3.05) is 19.8 Å². The summed E-state index contributed by atoms with van der Waals surface area (Å²) in [7, 11) is 2.92.